The van der Waals surface area contributed by atoms with E-state index in [9.17, 15) is 13.2 Å². The van der Waals surface area contributed by atoms with Crippen LogP contribution in [0.5, 0.6) is 5.75 Å². The summed E-state index contributed by atoms with van der Waals surface area (Å²) in [4.78, 5) is 12.9. The lowest BCUT2D eigenvalue weighted by Gasteiger charge is -2.26. The van der Waals surface area contributed by atoms with Crippen LogP contribution in [0.4, 0.5) is 11.4 Å². The highest BCUT2D eigenvalue weighted by Gasteiger charge is 2.30. The third kappa shape index (κ3) is 7.32. The number of carbonyl (C=O) groups is 1. The van der Waals surface area contributed by atoms with Gasteiger partial charge in [-0.3, -0.25) is 9.10 Å². The van der Waals surface area contributed by atoms with Gasteiger partial charge in [0.15, 0.2) is 0 Å². The molecule has 0 aromatic heterocycles. The van der Waals surface area contributed by atoms with Crippen LogP contribution in [0.15, 0.2) is 59.5 Å². The molecule has 0 heterocycles. The van der Waals surface area contributed by atoms with Crippen LogP contribution in [0.1, 0.15) is 0 Å². The summed E-state index contributed by atoms with van der Waals surface area (Å²) >= 11 is 30.6. The number of hydrogen-bond donors (Lipinski definition) is 1. The van der Waals surface area contributed by atoms with Crippen molar-refractivity contribution in [3.8, 4) is 5.75 Å². The monoisotopic (exact) mass is 610 g/mol. The Balaban J connectivity index is 2.04. The Labute approximate surface area is 233 Å². The van der Waals surface area contributed by atoms with Crippen molar-refractivity contribution in [1.29, 1.82) is 0 Å². The molecule has 0 aliphatic rings. The van der Waals surface area contributed by atoms with E-state index in [0.717, 1.165) is 4.31 Å². The minimum absolute atomic E-state index is 0.0183. The zero-order valence-corrected chi connectivity index (χ0v) is 23.2. The maximum absolute atomic E-state index is 13.7. The summed E-state index contributed by atoms with van der Waals surface area (Å²) in [5.41, 5.74) is 0.259. The van der Waals surface area contributed by atoms with Crippen LogP contribution >= 0.6 is 58.0 Å². The van der Waals surface area contributed by atoms with Gasteiger partial charge in [0.25, 0.3) is 10.0 Å². The number of halogens is 5. The van der Waals surface area contributed by atoms with Crippen molar-refractivity contribution in [2.24, 2.45) is 0 Å². The first-order chi connectivity index (χ1) is 17.0. The molecule has 0 aliphatic heterocycles. The van der Waals surface area contributed by atoms with E-state index >= 15 is 0 Å². The lowest BCUT2D eigenvalue weighted by atomic mass is 10.3. The number of nitrogens with one attached hydrogen (secondary N) is 1. The zero-order valence-electron chi connectivity index (χ0n) is 18.6. The molecule has 36 heavy (non-hydrogen) atoms. The zero-order chi connectivity index (χ0) is 26.5. The molecule has 1 N–H and O–H groups in total. The first kappa shape index (κ1) is 28.7. The van der Waals surface area contributed by atoms with Crippen LogP contribution < -0.4 is 14.4 Å². The van der Waals surface area contributed by atoms with Gasteiger partial charge < -0.3 is 14.8 Å². The topological polar surface area (TPSA) is 84.9 Å². The molecule has 1 amide bonds. The predicted octanol–water partition coefficient (Wildman–Crippen LogP) is 6.81. The van der Waals surface area contributed by atoms with Crippen LogP contribution in [0.3, 0.4) is 0 Å². The SMILES string of the molecule is COCCOc1cc(N(CC(=O)Nc2cc(Cl)cc(Cl)c2)S(=O)(=O)c2ccc(Cl)cc2)c(Cl)cc1Cl. The number of nitrogens with zero attached hydrogens (tertiary/aromatic N) is 1. The average molecular weight is 613 g/mol. The highest BCUT2D eigenvalue weighted by Crippen LogP contribution is 2.38. The molecule has 0 fully saturated rings. The molecule has 0 bridgehead atoms. The van der Waals surface area contributed by atoms with Gasteiger partial charge >= 0.3 is 0 Å². The Morgan fingerprint density at radius 1 is 0.861 bits per heavy atom. The number of anilines is 2. The number of carbonyl (C=O) groups excluding carboxylic acids is 1. The Hall–Kier alpha value is -1.91. The molecule has 0 spiro atoms. The van der Waals surface area contributed by atoms with E-state index in [-0.39, 0.29) is 45.3 Å². The molecule has 3 rings (SSSR count). The molecule has 0 aliphatic carbocycles. The second-order valence-electron chi connectivity index (χ2n) is 7.25. The molecule has 0 atom stereocenters. The summed E-state index contributed by atoms with van der Waals surface area (Å²) in [5.74, 6) is -0.523. The molecule has 192 valence electrons. The quantitative estimate of drug-likeness (QED) is 0.254. The van der Waals surface area contributed by atoms with Gasteiger partial charge in [0.2, 0.25) is 5.91 Å². The van der Waals surface area contributed by atoms with E-state index in [2.05, 4.69) is 5.32 Å². The summed E-state index contributed by atoms with van der Waals surface area (Å²) in [6, 6.07) is 12.6. The standard InChI is InChI=1S/C23H19Cl5N2O5S/c1-34-6-7-35-22-12-21(19(27)11-20(22)28)30(36(32,33)18-4-2-14(24)3-5-18)13-23(31)29-17-9-15(25)8-16(26)10-17/h2-5,8-12H,6-7,13H2,1H3,(H,29,31). The van der Waals surface area contributed by atoms with Crippen molar-refractivity contribution in [3.63, 3.8) is 0 Å². The van der Waals surface area contributed by atoms with Crippen molar-refractivity contribution >= 4 is 85.3 Å². The van der Waals surface area contributed by atoms with Gasteiger partial charge in [0.05, 0.1) is 27.2 Å². The molecule has 0 radical (unpaired) electrons. The van der Waals surface area contributed by atoms with Crippen LogP contribution in [-0.4, -0.2) is 41.2 Å². The highest BCUT2D eigenvalue weighted by molar-refractivity contribution is 7.92. The van der Waals surface area contributed by atoms with E-state index < -0.39 is 22.5 Å². The van der Waals surface area contributed by atoms with Gasteiger partial charge in [-0.25, -0.2) is 8.42 Å². The molecule has 3 aromatic carbocycles. The van der Waals surface area contributed by atoms with Gasteiger partial charge in [-0.15, -0.1) is 0 Å². The fraction of sp³-hybridized carbons (Fsp3) is 0.174. The number of hydrogen-bond acceptors (Lipinski definition) is 5. The maximum Gasteiger partial charge on any atom is 0.264 e. The largest absolute Gasteiger partial charge is 0.490 e. The van der Waals surface area contributed by atoms with Crippen molar-refractivity contribution in [1.82, 2.24) is 0 Å². The molecule has 3 aromatic rings. The highest BCUT2D eigenvalue weighted by atomic mass is 35.5. The van der Waals surface area contributed by atoms with Gasteiger partial charge in [0.1, 0.15) is 18.9 Å². The number of benzene rings is 3. The number of sulfonamides is 1. The third-order valence-corrected chi connectivity index (χ3v) is 7.71. The second kappa shape index (κ2) is 12.6. The molecule has 0 saturated heterocycles. The Kier molecular flexibility index (Phi) is 10.00. The Morgan fingerprint density at radius 2 is 1.50 bits per heavy atom. The number of rotatable bonds is 10. The van der Waals surface area contributed by atoms with Gasteiger partial charge in [-0.05, 0) is 48.5 Å². The molecule has 7 nitrogen and oxygen atoms in total. The molecule has 13 heteroatoms. The van der Waals surface area contributed by atoms with Crippen molar-refractivity contribution in [2.75, 3.05) is 36.5 Å². The Morgan fingerprint density at radius 3 is 2.11 bits per heavy atom. The average Bonchev–Trinajstić information content (AvgIpc) is 2.79. The molecule has 0 unspecified atom stereocenters. The first-order valence-corrected chi connectivity index (χ1v) is 13.5. The summed E-state index contributed by atoms with van der Waals surface area (Å²) in [6.45, 7) is -0.225. The van der Waals surface area contributed by atoms with Gasteiger partial charge in [-0.2, -0.15) is 0 Å². The lowest BCUT2D eigenvalue weighted by molar-refractivity contribution is -0.114. The predicted molar refractivity (Wildman–Crippen MR) is 145 cm³/mol. The number of methoxy groups -OCH3 is 1. The van der Waals surface area contributed by atoms with Gasteiger partial charge in [-0.1, -0.05) is 58.0 Å². The van der Waals surface area contributed by atoms with Gasteiger partial charge in [0, 0.05) is 33.9 Å². The second-order valence-corrected chi connectivity index (χ2v) is 11.2. The fourth-order valence-electron chi connectivity index (χ4n) is 3.05. The van der Waals surface area contributed by atoms with Crippen LogP contribution in [0, 0.1) is 0 Å². The normalized spacial score (nSPS) is 11.3. The number of amides is 1. The van der Waals surface area contributed by atoms with E-state index in [1.165, 1.54) is 61.7 Å². The Bertz CT molecular complexity index is 1330. The summed E-state index contributed by atoms with van der Waals surface area (Å²) < 4.78 is 38.7. The van der Waals surface area contributed by atoms with E-state index in [4.69, 9.17) is 67.5 Å². The minimum Gasteiger partial charge on any atom is -0.490 e. The molecular formula is C23H19Cl5N2O5S. The van der Waals surface area contributed by atoms with Crippen molar-refractivity contribution < 1.29 is 22.7 Å². The van der Waals surface area contributed by atoms with Crippen molar-refractivity contribution in [2.45, 2.75) is 4.90 Å². The maximum atomic E-state index is 13.7. The van der Waals surface area contributed by atoms with E-state index in [0.29, 0.717) is 15.1 Å². The summed E-state index contributed by atoms with van der Waals surface area (Å²) in [6.07, 6.45) is 0. The third-order valence-electron chi connectivity index (χ3n) is 4.65. The first-order valence-electron chi connectivity index (χ1n) is 10.2. The fourth-order valence-corrected chi connectivity index (χ4v) is 5.72. The van der Waals surface area contributed by atoms with E-state index in [1.54, 1.807) is 0 Å². The number of ether oxygens (including phenoxy) is 2. The molecule has 0 saturated carbocycles. The van der Waals surface area contributed by atoms with Crippen LogP contribution in [0.2, 0.25) is 25.1 Å². The smallest absolute Gasteiger partial charge is 0.264 e. The minimum atomic E-state index is -4.30. The van der Waals surface area contributed by atoms with Crippen molar-refractivity contribution in [3.05, 3.63) is 79.7 Å². The van der Waals surface area contributed by atoms with Crippen LogP contribution in [0.25, 0.3) is 0 Å². The van der Waals surface area contributed by atoms with E-state index in [1.807, 2.05) is 0 Å². The van der Waals surface area contributed by atoms with Crippen LogP contribution in [-0.2, 0) is 19.6 Å². The molecular weight excluding hydrogens is 594 g/mol. The lowest BCUT2D eigenvalue weighted by Crippen LogP contribution is -2.38. The summed E-state index contributed by atoms with van der Waals surface area (Å²) in [7, 11) is -2.79. The summed E-state index contributed by atoms with van der Waals surface area (Å²) in [5, 5.41) is 3.66.